The first kappa shape index (κ1) is 21.3. The number of carbonyl (C=O) groups is 3. The summed E-state index contributed by atoms with van der Waals surface area (Å²) >= 11 is 0. The number of amides is 1. The van der Waals surface area contributed by atoms with Gasteiger partial charge >= 0.3 is 0 Å². The highest BCUT2D eigenvalue weighted by Gasteiger charge is 2.51. The summed E-state index contributed by atoms with van der Waals surface area (Å²) in [6.07, 6.45) is 0. The van der Waals surface area contributed by atoms with Crippen LogP contribution in [0, 0.1) is 18.7 Å². The molecule has 2 heterocycles. The van der Waals surface area contributed by atoms with Gasteiger partial charge in [-0.2, -0.15) is 0 Å². The molecule has 0 bridgehead atoms. The van der Waals surface area contributed by atoms with Crippen LogP contribution in [0.4, 0.5) is 4.39 Å². The maximum atomic E-state index is 13.3. The van der Waals surface area contributed by atoms with Crippen molar-refractivity contribution in [2.75, 3.05) is 39.4 Å². The lowest BCUT2D eigenvalue weighted by atomic mass is 9.86. The maximum absolute atomic E-state index is 13.3. The van der Waals surface area contributed by atoms with Crippen molar-refractivity contribution in [3.63, 3.8) is 0 Å². The topological polar surface area (TPSA) is 68.1 Å². The number of aryl methyl sites for hydroxylation is 1. The molecule has 2 atom stereocenters. The molecule has 2 fully saturated rings. The lowest BCUT2D eigenvalue weighted by Gasteiger charge is -2.30. The Balaban J connectivity index is 1.65. The van der Waals surface area contributed by atoms with Crippen molar-refractivity contribution in [3.05, 3.63) is 71.0 Å². The van der Waals surface area contributed by atoms with E-state index in [2.05, 4.69) is 0 Å². The van der Waals surface area contributed by atoms with Gasteiger partial charge in [0.25, 0.3) is 5.91 Å². The van der Waals surface area contributed by atoms with E-state index in [-0.39, 0.29) is 5.56 Å². The average molecular weight is 425 g/mol. The SMILES string of the molecule is Cc1ccc(C2C(C(=O)c3ccc(F)cc3)C(=O)C(=O)N2CC[NH+]2CCOCC2)cc1. The van der Waals surface area contributed by atoms with Gasteiger partial charge in [0.05, 0.1) is 32.3 Å². The molecule has 2 aromatic rings. The number of hydrogen-bond acceptors (Lipinski definition) is 4. The van der Waals surface area contributed by atoms with E-state index >= 15 is 0 Å². The van der Waals surface area contributed by atoms with Gasteiger partial charge in [0.15, 0.2) is 5.78 Å². The lowest BCUT2D eigenvalue weighted by molar-refractivity contribution is -0.907. The number of benzene rings is 2. The molecule has 0 saturated carbocycles. The highest BCUT2D eigenvalue weighted by molar-refractivity contribution is 6.44. The van der Waals surface area contributed by atoms with Crippen LogP contribution in [0.2, 0.25) is 0 Å². The monoisotopic (exact) mass is 425 g/mol. The van der Waals surface area contributed by atoms with Gasteiger partial charge in [-0.05, 0) is 36.8 Å². The van der Waals surface area contributed by atoms with Crippen LogP contribution in [0.3, 0.4) is 0 Å². The third-order valence-electron chi connectivity index (χ3n) is 6.14. The molecule has 0 radical (unpaired) electrons. The molecule has 1 N–H and O–H groups in total. The third kappa shape index (κ3) is 4.43. The molecule has 2 unspecified atom stereocenters. The second kappa shape index (κ2) is 9.08. The molecular formula is C24H26FN2O4+. The normalized spacial score (nSPS) is 22.2. The van der Waals surface area contributed by atoms with Crippen LogP contribution in [0.15, 0.2) is 48.5 Å². The summed E-state index contributed by atoms with van der Waals surface area (Å²) in [5, 5.41) is 0. The first-order chi connectivity index (χ1) is 15.0. The quantitative estimate of drug-likeness (QED) is 0.426. The summed E-state index contributed by atoms with van der Waals surface area (Å²) < 4.78 is 18.7. The van der Waals surface area contributed by atoms with E-state index in [0.29, 0.717) is 26.3 Å². The number of rotatable bonds is 6. The van der Waals surface area contributed by atoms with E-state index in [1.54, 1.807) is 4.90 Å². The average Bonchev–Trinajstić information content (AvgIpc) is 3.04. The fourth-order valence-corrected chi connectivity index (χ4v) is 4.35. The summed E-state index contributed by atoms with van der Waals surface area (Å²) in [5.74, 6) is -3.38. The van der Waals surface area contributed by atoms with Crippen molar-refractivity contribution in [2.45, 2.75) is 13.0 Å². The number of morpholine rings is 1. The predicted molar refractivity (Wildman–Crippen MR) is 111 cm³/mol. The van der Waals surface area contributed by atoms with Crippen LogP contribution in [-0.2, 0) is 14.3 Å². The molecule has 1 amide bonds. The van der Waals surface area contributed by atoms with Gasteiger partial charge in [-0.15, -0.1) is 0 Å². The summed E-state index contributed by atoms with van der Waals surface area (Å²) in [6, 6.07) is 12.0. The Morgan fingerprint density at radius 1 is 1.06 bits per heavy atom. The van der Waals surface area contributed by atoms with Gasteiger partial charge in [-0.3, -0.25) is 14.4 Å². The molecule has 7 heteroatoms. The maximum Gasteiger partial charge on any atom is 0.291 e. The molecule has 0 spiro atoms. The fourth-order valence-electron chi connectivity index (χ4n) is 4.35. The number of carbonyl (C=O) groups excluding carboxylic acids is 3. The highest BCUT2D eigenvalue weighted by Crippen LogP contribution is 2.38. The number of nitrogens with one attached hydrogen (secondary N) is 1. The van der Waals surface area contributed by atoms with Crippen LogP contribution < -0.4 is 4.90 Å². The minimum Gasteiger partial charge on any atom is -0.370 e. The minimum atomic E-state index is -1.14. The molecule has 4 rings (SSSR count). The lowest BCUT2D eigenvalue weighted by Crippen LogP contribution is -3.14. The van der Waals surface area contributed by atoms with Crippen LogP contribution in [0.1, 0.15) is 27.5 Å². The van der Waals surface area contributed by atoms with Gasteiger partial charge in [0.1, 0.15) is 24.8 Å². The molecule has 0 aromatic heterocycles. The number of likely N-dealkylation sites (tertiary alicyclic amines) is 1. The number of hydrogen-bond donors (Lipinski definition) is 1. The number of Topliss-reactive ketones (excluding diaryl/α,β-unsaturated/α-hetero) is 2. The van der Waals surface area contributed by atoms with Crippen molar-refractivity contribution in [3.8, 4) is 0 Å². The van der Waals surface area contributed by atoms with E-state index in [0.717, 1.165) is 24.2 Å². The number of nitrogens with zero attached hydrogens (tertiary/aromatic N) is 1. The Morgan fingerprint density at radius 2 is 1.71 bits per heavy atom. The minimum absolute atomic E-state index is 0.227. The van der Waals surface area contributed by atoms with Crippen molar-refractivity contribution >= 4 is 17.5 Å². The van der Waals surface area contributed by atoms with Crippen LogP contribution in [0.5, 0.6) is 0 Å². The summed E-state index contributed by atoms with van der Waals surface area (Å²) in [5.41, 5.74) is 2.03. The number of quaternary nitrogens is 1. The third-order valence-corrected chi connectivity index (χ3v) is 6.14. The molecule has 31 heavy (non-hydrogen) atoms. The van der Waals surface area contributed by atoms with E-state index in [1.807, 2.05) is 31.2 Å². The summed E-state index contributed by atoms with van der Waals surface area (Å²) in [6.45, 7) is 6.07. The number of ketones is 2. The van der Waals surface area contributed by atoms with E-state index in [1.165, 1.54) is 29.2 Å². The van der Waals surface area contributed by atoms with Crippen LogP contribution in [-0.4, -0.2) is 61.8 Å². The smallest absolute Gasteiger partial charge is 0.291 e. The molecule has 162 valence electrons. The number of ether oxygens (including phenoxy) is 1. The van der Waals surface area contributed by atoms with E-state index in [9.17, 15) is 18.8 Å². The molecule has 2 aliphatic heterocycles. The van der Waals surface area contributed by atoms with Crippen molar-refractivity contribution in [1.29, 1.82) is 0 Å². The largest absolute Gasteiger partial charge is 0.370 e. The van der Waals surface area contributed by atoms with Gasteiger partial charge in [0, 0.05) is 5.56 Å². The zero-order valence-electron chi connectivity index (χ0n) is 17.5. The fraction of sp³-hybridized carbons (Fsp3) is 0.375. The Bertz CT molecular complexity index is 968. The molecule has 2 aromatic carbocycles. The standard InChI is InChI=1S/C24H25FN2O4/c1-16-2-4-17(5-3-16)21-20(22(28)18-6-8-19(25)9-7-18)23(29)24(30)27(21)11-10-26-12-14-31-15-13-26/h2-9,20-21H,10-15H2,1H3/p+1. The first-order valence-electron chi connectivity index (χ1n) is 10.6. The Kier molecular flexibility index (Phi) is 6.25. The van der Waals surface area contributed by atoms with Gasteiger partial charge in [-0.1, -0.05) is 29.8 Å². The summed E-state index contributed by atoms with van der Waals surface area (Å²) in [4.78, 5) is 42.1. The zero-order chi connectivity index (χ0) is 22.0. The van der Waals surface area contributed by atoms with Gasteiger partial charge in [0.2, 0.25) is 5.78 Å². The first-order valence-corrected chi connectivity index (χ1v) is 10.6. The molecule has 2 saturated heterocycles. The predicted octanol–water partition coefficient (Wildman–Crippen LogP) is 1.00. The molecule has 0 aliphatic carbocycles. The van der Waals surface area contributed by atoms with Crippen LogP contribution >= 0.6 is 0 Å². The molecule has 2 aliphatic rings. The van der Waals surface area contributed by atoms with Crippen molar-refractivity contribution in [1.82, 2.24) is 4.90 Å². The molecular weight excluding hydrogens is 399 g/mol. The van der Waals surface area contributed by atoms with Gasteiger partial charge < -0.3 is 14.5 Å². The Hall–Kier alpha value is -2.90. The van der Waals surface area contributed by atoms with Crippen LogP contribution in [0.25, 0.3) is 0 Å². The Labute approximate surface area is 180 Å². The second-order valence-electron chi connectivity index (χ2n) is 8.18. The van der Waals surface area contributed by atoms with E-state index < -0.39 is 35.3 Å². The van der Waals surface area contributed by atoms with Crippen molar-refractivity contribution in [2.24, 2.45) is 5.92 Å². The Morgan fingerprint density at radius 3 is 2.35 bits per heavy atom. The number of halogens is 1. The summed E-state index contributed by atoms with van der Waals surface area (Å²) in [7, 11) is 0. The van der Waals surface area contributed by atoms with E-state index in [4.69, 9.17) is 4.74 Å². The van der Waals surface area contributed by atoms with Crippen molar-refractivity contribution < 1.29 is 28.4 Å². The molecule has 6 nitrogen and oxygen atoms in total. The van der Waals surface area contributed by atoms with Gasteiger partial charge in [-0.25, -0.2) is 4.39 Å². The second-order valence-corrected chi connectivity index (χ2v) is 8.18. The highest BCUT2D eigenvalue weighted by atomic mass is 19.1. The zero-order valence-corrected chi connectivity index (χ0v) is 17.5.